The van der Waals surface area contributed by atoms with Crippen LogP contribution in [0.1, 0.15) is 13.8 Å². The maximum absolute atomic E-state index is 11.6. The van der Waals surface area contributed by atoms with Gasteiger partial charge in [0.15, 0.2) is 5.78 Å². The van der Waals surface area contributed by atoms with E-state index in [0.29, 0.717) is 11.9 Å². The Hall–Kier alpha value is -0.710. The van der Waals surface area contributed by atoms with Crippen molar-refractivity contribution in [3.05, 3.63) is 12.7 Å². The fourth-order valence-corrected chi connectivity index (χ4v) is 1.06. The summed E-state index contributed by atoms with van der Waals surface area (Å²) in [6, 6.07) is 0. The predicted molar refractivity (Wildman–Crippen MR) is 52.6 cm³/mol. The molecule has 0 radical (unpaired) electrons. The molecule has 0 bridgehead atoms. The van der Waals surface area contributed by atoms with E-state index in [0.717, 1.165) is 0 Å². The summed E-state index contributed by atoms with van der Waals surface area (Å²) in [5, 5.41) is 4.53. The van der Waals surface area contributed by atoms with Crippen molar-refractivity contribution in [2.75, 3.05) is 5.33 Å². The molecule has 0 unspecified atom stereocenters. The highest BCUT2D eigenvalue weighted by Crippen LogP contribution is 2.19. The van der Waals surface area contributed by atoms with E-state index in [1.807, 2.05) is 13.8 Å². The van der Waals surface area contributed by atoms with Crippen LogP contribution < -0.4 is 0 Å². The Morgan fingerprint density at radius 1 is 1.62 bits per heavy atom. The number of hydrogen-bond acceptors (Lipinski definition) is 3. The number of ketones is 1. The van der Waals surface area contributed by atoms with Crippen molar-refractivity contribution in [1.29, 1.82) is 0 Å². The summed E-state index contributed by atoms with van der Waals surface area (Å²) in [6.45, 7) is 4.10. The highest BCUT2D eigenvalue weighted by molar-refractivity contribution is 9.09. The van der Waals surface area contributed by atoms with E-state index in [1.165, 1.54) is 11.0 Å². The average Bonchev–Trinajstić information content (AvgIpc) is 2.57. The molecule has 0 amide bonds. The first-order valence-corrected chi connectivity index (χ1v) is 5.10. The van der Waals surface area contributed by atoms with Crippen LogP contribution in [0.3, 0.4) is 0 Å². The Labute approximate surface area is 85.5 Å². The van der Waals surface area contributed by atoms with Crippen LogP contribution in [-0.2, 0) is 11.3 Å². The molecule has 1 aromatic heterocycles. The number of carbonyl (C=O) groups excluding carboxylic acids is 1. The molecule has 0 N–H and O–H groups in total. The van der Waals surface area contributed by atoms with E-state index in [2.05, 4.69) is 26.0 Å². The smallest absolute Gasteiger partial charge is 0.160 e. The SMILES string of the molecule is CC(C)(CBr)C(=O)Cn1cncn1. The van der Waals surface area contributed by atoms with Crippen molar-refractivity contribution >= 4 is 21.7 Å². The van der Waals surface area contributed by atoms with Crippen molar-refractivity contribution in [2.45, 2.75) is 20.4 Å². The lowest BCUT2D eigenvalue weighted by molar-refractivity contribution is -0.126. The third-order valence-corrected chi connectivity index (χ3v) is 3.26. The summed E-state index contributed by atoms with van der Waals surface area (Å²) < 4.78 is 1.53. The molecule has 13 heavy (non-hydrogen) atoms. The molecule has 0 saturated carbocycles. The largest absolute Gasteiger partial charge is 0.297 e. The minimum atomic E-state index is -0.341. The first kappa shape index (κ1) is 10.4. The van der Waals surface area contributed by atoms with Gasteiger partial charge in [-0.05, 0) is 0 Å². The molecular weight excluding hydrogens is 234 g/mol. The minimum absolute atomic E-state index is 0.148. The zero-order valence-electron chi connectivity index (χ0n) is 7.70. The molecule has 1 heterocycles. The molecule has 72 valence electrons. The van der Waals surface area contributed by atoms with Gasteiger partial charge in [0.05, 0.1) is 0 Å². The third kappa shape index (κ3) is 2.62. The molecule has 4 nitrogen and oxygen atoms in total. The van der Waals surface area contributed by atoms with Crippen molar-refractivity contribution in [3.63, 3.8) is 0 Å². The molecule has 0 saturated heterocycles. The van der Waals surface area contributed by atoms with Gasteiger partial charge >= 0.3 is 0 Å². The number of Topliss-reactive ketones (excluding diaryl/α,β-unsaturated/α-hetero) is 1. The summed E-state index contributed by atoms with van der Waals surface area (Å²) in [7, 11) is 0. The summed E-state index contributed by atoms with van der Waals surface area (Å²) in [5.41, 5.74) is -0.341. The number of hydrogen-bond donors (Lipinski definition) is 0. The number of carbonyl (C=O) groups is 1. The van der Waals surface area contributed by atoms with Crippen LogP contribution in [0, 0.1) is 5.41 Å². The van der Waals surface area contributed by atoms with Crippen LogP contribution in [0.4, 0.5) is 0 Å². The lowest BCUT2D eigenvalue weighted by Gasteiger charge is -2.19. The van der Waals surface area contributed by atoms with Gasteiger partial charge in [-0.1, -0.05) is 29.8 Å². The van der Waals surface area contributed by atoms with Gasteiger partial charge in [0.25, 0.3) is 0 Å². The van der Waals surface area contributed by atoms with E-state index < -0.39 is 0 Å². The second kappa shape index (κ2) is 4.00. The number of nitrogens with zero attached hydrogens (tertiary/aromatic N) is 3. The summed E-state index contributed by atoms with van der Waals surface area (Å²) in [5.74, 6) is 0.148. The fraction of sp³-hybridized carbons (Fsp3) is 0.625. The highest BCUT2D eigenvalue weighted by atomic mass is 79.9. The number of halogens is 1. The Bertz CT molecular complexity index is 282. The van der Waals surface area contributed by atoms with Gasteiger partial charge in [0.2, 0.25) is 0 Å². The number of aromatic nitrogens is 3. The van der Waals surface area contributed by atoms with Crippen LogP contribution in [0.5, 0.6) is 0 Å². The predicted octanol–water partition coefficient (Wildman–Crippen LogP) is 1.27. The van der Waals surface area contributed by atoms with Gasteiger partial charge in [0.1, 0.15) is 19.2 Å². The molecule has 0 aliphatic heterocycles. The molecule has 0 aromatic carbocycles. The molecule has 0 fully saturated rings. The van der Waals surface area contributed by atoms with Gasteiger partial charge in [0, 0.05) is 10.7 Å². The standard InChI is InChI=1S/C8H12BrN3O/c1-8(2,4-9)7(13)3-12-6-10-5-11-12/h5-6H,3-4H2,1-2H3. The summed E-state index contributed by atoms with van der Waals surface area (Å²) in [6.07, 6.45) is 2.97. The maximum atomic E-state index is 11.6. The zero-order valence-corrected chi connectivity index (χ0v) is 9.28. The molecule has 0 atom stereocenters. The molecule has 0 spiro atoms. The van der Waals surface area contributed by atoms with Gasteiger partial charge in [-0.2, -0.15) is 5.10 Å². The first-order valence-electron chi connectivity index (χ1n) is 3.98. The van der Waals surface area contributed by atoms with Gasteiger partial charge < -0.3 is 0 Å². The van der Waals surface area contributed by atoms with Crippen LogP contribution in [0.15, 0.2) is 12.7 Å². The highest BCUT2D eigenvalue weighted by Gasteiger charge is 2.26. The number of alkyl halides is 1. The van der Waals surface area contributed by atoms with Crippen LogP contribution in [-0.4, -0.2) is 25.9 Å². The summed E-state index contributed by atoms with van der Waals surface area (Å²) in [4.78, 5) is 15.4. The number of rotatable bonds is 4. The van der Waals surface area contributed by atoms with E-state index >= 15 is 0 Å². The second-order valence-electron chi connectivity index (χ2n) is 3.53. The van der Waals surface area contributed by atoms with Crippen molar-refractivity contribution < 1.29 is 4.79 Å². The van der Waals surface area contributed by atoms with Gasteiger partial charge in [-0.15, -0.1) is 0 Å². The second-order valence-corrected chi connectivity index (χ2v) is 4.09. The molecule has 0 aliphatic carbocycles. The van der Waals surface area contributed by atoms with Crippen LogP contribution in [0.2, 0.25) is 0 Å². The maximum Gasteiger partial charge on any atom is 0.160 e. The van der Waals surface area contributed by atoms with Crippen molar-refractivity contribution in [2.24, 2.45) is 5.41 Å². The Morgan fingerprint density at radius 2 is 2.31 bits per heavy atom. The summed E-state index contributed by atoms with van der Waals surface area (Å²) >= 11 is 3.31. The third-order valence-electron chi connectivity index (χ3n) is 1.86. The van der Waals surface area contributed by atoms with E-state index in [4.69, 9.17) is 0 Å². The Kier molecular flexibility index (Phi) is 3.19. The molecule has 1 rings (SSSR count). The zero-order chi connectivity index (χ0) is 9.90. The topological polar surface area (TPSA) is 47.8 Å². The molecule has 5 heteroatoms. The normalized spacial score (nSPS) is 11.6. The Balaban J connectivity index is 2.61. The molecular formula is C8H12BrN3O. The lowest BCUT2D eigenvalue weighted by Crippen LogP contribution is -2.29. The van der Waals surface area contributed by atoms with Crippen LogP contribution in [0.25, 0.3) is 0 Å². The average molecular weight is 246 g/mol. The van der Waals surface area contributed by atoms with E-state index in [9.17, 15) is 4.79 Å². The van der Waals surface area contributed by atoms with E-state index in [1.54, 1.807) is 6.33 Å². The van der Waals surface area contributed by atoms with Crippen molar-refractivity contribution in [1.82, 2.24) is 14.8 Å². The minimum Gasteiger partial charge on any atom is -0.297 e. The quantitative estimate of drug-likeness (QED) is 0.751. The molecule has 1 aromatic rings. The fourth-order valence-electron chi connectivity index (χ4n) is 0.750. The first-order chi connectivity index (χ1) is 6.06. The lowest BCUT2D eigenvalue weighted by atomic mass is 9.91. The Morgan fingerprint density at radius 3 is 2.77 bits per heavy atom. The van der Waals surface area contributed by atoms with E-state index in [-0.39, 0.29) is 11.2 Å². The monoisotopic (exact) mass is 245 g/mol. The van der Waals surface area contributed by atoms with Gasteiger partial charge in [-0.3, -0.25) is 4.79 Å². The van der Waals surface area contributed by atoms with Gasteiger partial charge in [-0.25, -0.2) is 9.67 Å². The molecule has 0 aliphatic rings. The van der Waals surface area contributed by atoms with Crippen molar-refractivity contribution in [3.8, 4) is 0 Å². The van der Waals surface area contributed by atoms with Crippen LogP contribution >= 0.6 is 15.9 Å².